The number of aromatic carboxylic acids is 1. The second kappa shape index (κ2) is 6.69. The van der Waals surface area contributed by atoms with Gasteiger partial charge in [0.1, 0.15) is 0 Å². The number of rotatable bonds is 6. The molecule has 0 spiro atoms. The Labute approximate surface area is 127 Å². The summed E-state index contributed by atoms with van der Waals surface area (Å²) in [5, 5.41) is 9.03. The molecule has 0 radical (unpaired) electrons. The third kappa shape index (κ3) is 4.04. The number of halogens is 1. The maximum atomic E-state index is 12.3. The molecule has 1 aromatic rings. The fourth-order valence-corrected chi connectivity index (χ4v) is 3.70. The summed E-state index contributed by atoms with van der Waals surface area (Å²) in [7, 11) is -3.72. The van der Waals surface area contributed by atoms with Crippen LogP contribution in [0.15, 0.2) is 27.6 Å². The maximum absolute atomic E-state index is 12.3. The summed E-state index contributed by atoms with van der Waals surface area (Å²) in [5.74, 6) is -1.02. The summed E-state index contributed by atoms with van der Waals surface area (Å²) in [6.07, 6.45) is 0.666. The van der Waals surface area contributed by atoms with E-state index in [1.165, 1.54) is 12.1 Å². The van der Waals surface area contributed by atoms with Crippen LogP contribution in [0.1, 0.15) is 37.6 Å². The maximum Gasteiger partial charge on any atom is 0.336 e. The largest absolute Gasteiger partial charge is 0.478 e. The molecule has 0 aliphatic rings. The summed E-state index contributed by atoms with van der Waals surface area (Å²) < 4.78 is 27.5. The van der Waals surface area contributed by atoms with Crippen LogP contribution in [-0.4, -0.2) is 25.5 Å². The Hall–Kier alpha value is -0.920. The van der Waals surface area contributed by atoms with Crippen molar-refractivity contribution in [3.63, 3.8) is 0 Å². The minimum absolute atomic E-state index is 0.0443. The van der Waals surface area contributed by atoms with Crippen LogP contribution in [0.4, 0.5) is 0 Å². The van der Waals surface area contributed by atoms with Gasteiger partial charge in [0.15, 0.2) is 0 Å². The third-order valence-corrected chi connectivity index (χ3v) is 5.21. The van der Waals surface area contributed by atoms with E-state index in [0.29, 0.717) is 10.9 Å². The molecule has 0 saturated carbocycles. The Morgan fingerprint density at radius 3 is 2.45 bits per heavy atom. The van der Waals surface area contributed by atoms with Gasteiger partial charge in [-0.2, -0.15) is 0 Å². The molecule has 2 N–H and O–H groups in total. The van der Waals surface area contributed by atoms with Crippen molar-refractivity contribution >= 4 is 31.9 Å². The number of carboxylic acid groups (broad SMARTS) is 1. The highest BCUT2D eigenvalue weighted by molar-refractivity contribution is 9.10. The highest BCUT2D eigenvalue weighted by Crippen LogP contribution is 2.22. The molecule has 20 heavy (non-hydrogen) atoms. The summed E-state index contributed by atoms with van der Waals surface area (Å²) in [6, 6.07) is 3.78. The van der Waals surface area contributed by atoms with Gasteiger partial charge < -0.3 is 5.11 Å². The van der Waals surface area contributed by atoms with Crippen molar-refractivity contribution < 1.29 is 18.3 Å². The second-order valence-corrected chi connectivity index (χ2v) is 7.40. The van der Waals surface area contributed by atoms with Crippen molar-refractivity contribution in [2.75, 3.05) is 0 Å². The lowest BCUT2D eigenvalue weighted by molar-refractivity contribution is 0.0695. The van der Waals surface area contributed by atoms with Crippen LogP contribution in [0.25, 0.3) is 0 Å². The van der Waals surface area contributed by atoms with Crippen LogP contribution in [-0.2, 0) is 10.0 Å². The first-order chi connectivity index (χ1) is 9.19. The molecular weight excluding hydrogens is 346 g/mol. The Morgan fingerprint density at radius 1 is 1.40 bits per heavy atom. The van der Waals surface area contributed by atoms with Gasteiger partial charge in [-0.25, -0.2) is 17.9 Å². The van der Waals surface area contributed by atoms with E-state index >= 15 is 0 Å². The van der Waals surface area contributed by atoms with Crippen LogP contribution < -0.4 is 4.72 Å². The molecule has 1 atom stereocenters. The zero-order valence-electron chi connectivity index (χ0n) is 11.6. The number of carboxylic acids is 1. The minimum atomic E-state index is -3.72. The van der Waals surface area contributed by atoms with Gasteiger partial charge in [0, 0.05) is 10.5 Å². The average Bonchev–Trinajstić information content (AvgIpc) is 2.35. The second-order valence-electron chi connectivity index (χ2n) is 4.83. The number of carbonyl (C=O) groups is 1. The molecule has 0 heterocycles. The molecule has 5 nitrogen and oxygen atoms in total. The summed E-state index contributed by atoms with van der Waals surface area (Å²) >= 11 is 3.09. The monoisotopic (exact) mass is 363 g/mol. The van der Waals surface area contributed by atoms with Crippen LogP contribution >= 0.6 is 15.9 Å². The van der Waals surface area contributed by atoms with E-state index in [4.69, 9.17) is 5.11 Å². The highest BCUT2D eigenvalue weighted by atomic mass is 79.9. The quantitative estimate of drug-likeness (QED) is 0.813. The molecule has 0 amide bonds. The molecule has 0 aliphatic carbocycles. The molecule has 0 aliphatic heterocycles. The van der Waals surface area contributed by atoms with Gasteiger partial charge in [-0.05, 0) is 46.5 Å². The van der Waals surface area contributed by atoms with E-state index in [9.17, 15) is 13.2 Å². The minimum Gasteiger partial charge on any atom is -0.478 e. The number of hydrogen-bond donors (Lipinski definition) is 2. The Bertz CT molecular complexity index is 598. The van der Waals surface area contributed by atoms with E-state index in [1.807, 2.05) is 20.8 Å². The zero-order chi connectivity index (χ0) is 15.5. The number of nitrogens with one attached hydrogen (secondary N) is 1. The lowest BCUT2D eigenvalue weighted by Crippen LogP contribution is -2.38. The Kier molecular flexibility index (Phi) is 5.73. The molecule has 112 valence electrons. The predicted molar refractivity (Wildman–Crippen MR) is 80.3 cm³/mol. The third-order valence-electron chi connectivity index (χ3n) is 3.03. The first-order valence-electron chi connectivity index (χ1n) is 6.24. The van der Waals surface area contributed by atoms with Crippen molar-refractivity contribution in [3.05, 3.63) is 28.2 Å². The number of benzene rings is 1. The van der Waals surface area contributed by atoms with Crippen molar-refractivity contribution in [1.29, 1.82) is 0 Å². The summed E-state index contributed by atoms with van der Waals surface area (Å²) in [5.41, 5.74) is -0.0783. The molecule has 0 saturated heterocycles. The van der Waals surface area contributed by atoms with Gasteiger partial charge in [-0.1, -0.05) is 20.8 Å². The predicted octanol–water partition coefficient (Wildman–Crippen LogP) is 2.86. The van der Waals surface area contributed by atoms with E-state index in [-0.39, 0.29) is 22.4 Å². The van der Waals surface area contributed by atoms with Gasteiger partial charge in [-0.15, -0.1) is 0 Å². The highest BCUT2D eigenvalue weighted by Gasteiger charge is 2.22. The summed E-state index contributed by atoms with van der Waals surface area (Å²) in [4.78, 5) is 11.0. The first-order valence-corrected chi connectivity index (χ1v) is 8.51. The Morgan fingerprint density at radius 2 is 2.00 bits per heavy atom. The van der Waals surface area contributed by atoms with E-state index in [2.05, 4.69) is 20.7 Å². The van der Waals surface area contributed by atoms with Crippen molar-refractivity contribution in [3.8, 4) is 0 Å². The van der Waals surface area contributed by atoms with Gasteiger partial charge in [-0.3, -0.25) is 0 Å². The molecular formula is C13H18BrNO4S. The van der Waals surface area contributed by atoms with Crippen molar-refractivity contribution in [2.24, 2.45) is 5.92 Å². The molecule has 1 unspecified atom stereocenters. The average molecular weight is 364 g/mol. The fourth-order valence-electron chi connectivity index (χ4n) is 1.79. The lowest BCUT2D eigenvalue weighted by Gasteiger charge is -2.20. The Balaban J connectivity index is 3.16. The van der Waals surface area contributed by atoms with Crippen molar-refractivity contribution in [1.82, 2.24) is 4.72 Å². The molecule has 0 aromatic heterocycles. The van der Waals surface area contributed by atoms with E-state index in [0.717, 1.165) is 6.07 Å². The van der Waals surface area contributed by atoms with Crippen LogP contribution in [0.5, 0.6) is 0 Å². The normalized spacial score (nSPS) is 13.4. The SMILES string of the molecule is CCC(NS(=O)(=O)c1ccc(Br)c(C(=O)O)c1)C(C)C. The fraction of sp³-hybridized carbons (Fsp3) is 0.462. The smallest absolute Gasteiger partial charge is 0.336 e. The molecule has 0 fully saturated rings. The summed E-state index contributed by atoms with van der Waals surface area (Å²) in [6.45, 7) is 5.76. The molecule has 0 bridgehead atoms. The lowest BCUT2D eigenvalue weighted by atomic mass is 10.0. The van der Waals surface area contributed by atoms with Gasteiger partial charge in [0.25, 0.3) is 0 Å². The first kappa shape index (κ1) is 17.1. The topological polar surface area (TPSA) is 83.5 Å². The van der Waals surface area contributed by atoms with E-state index < -0.39 is 16.0 Å². The molecule has 1 rings (SSSR count). The number of sulfonamides is 1. The van der Waals surface area contributed by atoms with Crippen LogP contribution in [0, 0.1) is 5.92 Å². The van der Waals surface area contributed by atoms with E-state index in [1.54, 1.807) is 0 Å². The molecule has 7 heteroatoms. The van der Waals surface area contributed by atoms with Gasteiger partial charge in [0.2, 0.25) is 10.0 Å². The van der Waals surface area contributed by atoms with Crippen LogP contribution in [0.2, 0.25) is 0 Å². The number of hydrogen-bond acceptors (Lipinski definition) is 3. The van der Waals surface area contributed by atoms with Gasteiger partial charge >= 0.3 is 5.97 Å². The standard InChI is InChI=1S/C13H18BrNO4S/c1-4-12(8(2)3)15-20(18,19)9-5-6-11(14)10(7-9)13(16)17/h5-8,12,15H,4H2,1-3H3,(H,16,17). The van der Waals surface area contributed by atoms with Crippen molar-refractivity contribution in [2.45, 2.75) is 38.1 Å². The van der Waals surface area contributed by atoms with Crippen LogP contribution in [0.3, 0.4) is 0 Å². The van der Waals surface area contributed by atoms with Gasteiger partial charge in [0.05, 0.1) is 10.5 Å². The molecule has 1 aromatic carbocycles. The zero-order valence-corrected chi connectivity index (χ0v) is 14.0.